The minimum atomic E-state index is -0.104. The van der Waals surface area contributed by atoms with Crippen LogP contribution in [0.3, 0.4) is 0 Å². The smallest absolute Gasteiger partial charge is 0.266 e. The van der Waals surface area contributed by atoms with Gasteiger partial charge < -0.3 is 20.1 Å². The summed E-state index contributed by atoms with van der Waals surface area (Å²) in [7, 11) is 3.25. The molecule has 2 aromatic heterocycles. The minimum absolute atomic E-state index is 0.0860. The molecular formula is C14H17N3O3S. The average Bonchev–Trinajstić information content (AvgIpc) is 3.08. The van der Waals surface area contributed by atoms with Crippen LogP contribution in [0.1, 0.15) is 9.67 Å². The Morgan fingerprint density at radius 2 is 2.05 bits per heavy atom. The van der Waals surface area contributed by atoms with Gasteiger partial charge in [0, 0.05) is 38.9 Å². The van der Waals surface area contributed by atoms with E-state index in [1.54, 1.807) is 25.3 Å². The van der Waals surface area contributed by atoms with E-state index in [-0.39, 0.29) is 18.1 Å². The molecular weight excluding hydrogens is 290 g/mol. The van der Waals surface area contributed by atoms with Gasteiger partial charge in [0.05, 0.1) is 5.69 Å². The predicted molar refractivity (Wildman–Crippen MR) is 81.5 cm³/mol. The average molecular weight is 307 g/mol. The Morgan fingerprint density at radius 1 is 1.38 bits per heavy atom. The summed E-state index contributed by atoms with van der Waals surface area (Å²) >= 11 is 1.33. The van der Waals surface area contributed by atoms with Crippen LogP contribution in [0, 0.1) is 0 Å². The lowest BCUT2D eigenvalue weighted by Crippen LogP contribution is -2.29. The molecule has 3 heterocycles. The van der Waals surface area contributed by atoms with Crippen molar-refractivity contribution in [2.45, 2.75) is 12.2 Å². The molecule has 0 bridgehead atoms. The molecule has 0 saturated carbocycles. The molecule has 1 saturated heterocycles. The van der Waals surface area contributed by atoms with Gasteiger partial charge in [-0.2, -0.15) is 0 Å². The van der Waals surface area contributed by atoms with E-state index in [0.29, 0.717) is 23.7 Å². The first-order valence-corrected chi connectivity index (χ1v) is 7.45. The number of nitrogen functional groups attached to an aromatic ring is 1. The molecule has 2 N–H and O–H groups in total. The minimum Gasteiger partial charge on any atom is -0.397 e. The highest BCUT2D eigenvalue weighted by molar-refractivity contribution is 7.21. The van der Waals surface area contributed by atoms with E-state index < -0.39 is 0 Å². The number of anilines is 1. The zero-order chi connectivity index (χ0) is 15.0. The van der Waals surface area contributed by atoms with Gasteiger partial charge >= 0.3 is 0 Å². The second kappa shape index (κ2) is 5.59. The Bertz CT molecular complexity index is 661. The van der Waals surface area contributed by atoms with E-state index in [4.69, 9.17) is 15.2 Å². The highest BCUT2D eigenvalue weighted by atomic mass is 32.1. The van der Waals surface area contributed by atoms with Crippen molar-refractivity contribution in [3.63, 3.8) is 0 Å². The van der Waals surface area contributed by atoms with Gasteiger partial charge in [-0.1, -0.05) is 0 Å². The number of rotatable bonds is 3. The van der Waals surface area contributed by atoms with Crippen molar-refractivity contribution in [3.8, 4) is 0 Å². The topological polar surface area (TPSA) is 77.7 Å². The quantitative estimate of drug-likeness (QED) is 0.926. The third-order valence-electron chi connectivity index (χ3n) is 3.81. The monoisotopic (exact) mass is 307 g/mol. The van der Waals surface area contributed by atoms with Crippen LogP contribution in [0.2, 0.25) is 0 Å². The number of thiophene rings is 1. The summed E-state index contributed by atoms with van der Waals surface area (Å²) in [4.78, 5) is 20.0. The van der Waals surface area contributed by atoms with Crippen molar-refractivity contribution in [3.05, 3.63) is 23.2 Å². The van der Waals surface area contributed by atoms with Crippen LogP contribution >= 0.6 is 11.3 Å². The van der Waals surface area contributed by atoms with Gasteiger partial charge in [-0.15, -0.1) is 11.3 Å². The lowest BCUT2D eigenvalue weighted by atomic mass is 10.2. The highest BCUT2D eigenvalue weighted by Gasteiger charge is 2.37. The van der Waals surface area contributed by atoms with Gasteiger partial charge in [0.15, 0.2) is 0 Å². The van der Waals surface area contributed by atoms with E-state index in [0.717, 1.165) is 10.2 Å². The summed E-state index contributed by atoms with van der Waals surface area (Å²) in [6.07, 6.45) is 1.49. The molecule has 1 amide bonds. The normalized spacial score (nSPS) is 22.1. The number of ether oxygens (including phenoxy) is 2. The fourth-order valence-corrected chi connectivity index (χ4v) is 3.65. The molecule has 0 radical (unpaired) electrons. The molecule has 0 aliphatic carbocycles. The number of nitrogens with zero attached hydrogens (tertiary/aromatic N) is 2. The Hall–Kier alpha value is -1.70. The van der Waals surface area contributed by atoms with Crippen LogP contribution in [0.5, 0.6) is 0 Å². The predicted octanol–water partition coefficient (Wildman–Crippen LogP) is 1.36. The number of pyridine rings is 1. The summed E-state index contributed by atoms with van der Waals surface area (Å²) in [5.41, 5.74) is 6.60. The van der Waals surface area contributed by atoms with E-state index in [1.807, 2.05) is 12.1 Å². The number of carbonyl (C=O) groups excluding carboxylic acids is 1. The molecule has 1 fully saturated rings. The molecule has 112 valence electrons. The standard InChI is InChI=1S/C14H17N3O3S/c1-19-9-6-17(7-10(9)20-2)14(18)12-11(15)8-4-3-5-16-13(8)21-12/h3-5,9-10H,6-7,15H2,1-2H3. The molecule has 0 spiro atoms. The molecule has 1 aliphatic rings. The highest BCUT2D eigenvalue weighted by Crippen LogP contribution is 2.33. The fourth-order valence-electron chi connectivity index (χ4n) is 2.62. The Labute approximate surface area is 126 Å². The number of likely N-dealkylation sites (tertiary alicyclic amines) is 1. The van der Waals surface area contributed by atoms with Gasteiger partial charge in [-0.3, -0.25) is 4.79 Å². The van der Waals surface area contributed by atoms with Crippen molar-refractivity contribution < 1.29 is 14.3 Å². The van der Waals surface area contributed by atoms with Crippen molar-refractivity contribution in [1.29, 1.82) is 0 Å². The van der Waals surface area contributed by atoms with E-state index in [2.05, 4.69) is 4.98 Å². The van der Waals surface area contributed by atoms with E-state index in [1.165, 1.54) is 11.3 Å². The van der Waals surface area contributed by atoms with Crippen LogP contribution in [-0.2, 0) is 9.47 Å². The van der Waals surface area contributed by atoms with Crippen molar-refractivity contribution in [2.75, 3.05) is 33.0 Å². The van der Waals surface area contributed by atoms with E-state index in [9.17, 15) is 4.79 Å². The number of aromatic nitrogens is 1. The van der Waals surface area contributed by atoms with Crippen LogP contribution < -0.4 is 5.73 Å². The molecule has 2 aromatic rings. The first-order chi connectivity index (χ1) is 10.2. The van der Waals surface area contributed by atoms with Gasteiger partial charge in [0.25, 0.3) is 5.91 Å². The largest absolute Gasteiger partial charge is 0.397 e. The maximum absolute atomic E-state index is 12.7. The maximum Gasteiger partial charge on any atom is 0.266 e. The first-order valence-electron chi connectivity index (χ1n) is 6.63. The third kappa shape index (κ3) is 2.37. The fraction of sp³-hybridized carbons (Fsp3) is 0.429. The van der Waals surface area contributed by atoms with Crippen LogP contribution in [-0.4, -0.2) is 55.3 Å². The molecule has 7 heteroatoms. The van der Waals surface area contributed by atoms with Crippen LogP contribution in [0.15, 0.2) is 18.3 Å². The zero-order valence-electron chi connectivity index (χ0n) is 11.9. The second-order valence-electron chi connectivity index (χ2n) is 4.96. The van der Waals surface area contributed by atoms with Crippen LogP contribution in [0.25, 0.3) is 10.2 Å². The maximum atomic E-state index is 12.7. The summed E-state index contributed by atoms with van der Waals surface area (Å²) in [6, 6.07) is 3.70. The first kappa shape index (κ1) is 14.2. The Kier molecular flexibility index (Phi) is 3.79. The lowest BCUT2D eigenvalue weighted by Gasteiger charge is -2.14. The number of fused-ring (bicyclic) bond motifs is 1. The number of amides is 1. The van der Waals surface area contributed by atoms with Crippen molar-refractivity contribution >= 4 is 33.1 Å². The van der Waals surface area contributed by atoms with Gasteiger partial charge in [0.1, 0.15) is 21.9 Å². The lowest BCUT2D eigenvalue weighted by molar-refractivity contribution is -0.00461. The molecule has 6 nitrogen and oxygen atoms in total. The number of hydrogen-bond donors (Lipinski definition) is 1. The summed E-state index contributed by atoms with van der Waals surface area (Å²) in [5, 5.41) is 0.830. The van der Waals surface area contributed by atoms with Crippen molar-refractivity contribution in [1.82, 2.24) is 9.88 Å². The molecule has 2 atom stereocenters. The number of methoxy groups -OCH3 is 2. The number of hydrogen-bond acceptors (Lipinski definition) is 6. The second-order valence-corrected chi connectivity index (χ2v) is 5.96. The summed E-state index contributed by atoms with van der Waals surface area (Å²) < 4.78 is 10.7. The van der Waals surface area contributed by atoms with Gasteiger partial charge in [0.2, 0.25) is 0 Å². The van der Waals surface area contributed by atoms with Crippen molar-refractivity contribution in [2.24, 2.45) is 0 Å². The molecule has 2 unspecified atom stereocenters. The summed E-state index contributed by atoms with van der Waals surface area (Å²) in [5.74, 6) is -0.0860. The summed E-state index contributed by atoms with van der Waals surface area (Å²) in [6.45, 7) is 1.02. The van der Waals surface area contributed by atoms with Gasteiger partial charge in [-0.25, -0.2) is 4.98 Å². The number of carbonyl (C=O) groups is 1. The SMILES string of the molecule is COC1CN(C(=O)c2sc3ncccc3c2N)CC1OC. The van der Waals surface area contributed by atoms with E-state index >= 15 is 0 Å². The molecule has 21 heavy (non-hydrogen) atoms. The van der Waals surface area contributed by atoms with Gasteiger partial charge in [-0.05, 0) is 12.1 Å². The Balaban J connectivity index is 1.89. The molecule has 1 aliphatic heterocycles. The van der Waals surface area contributed by atoms with Crippen LogP contribution in [0.4, 0.5) is 5.69 Å². The zero-order valence-corrected chi connectivity index (χ0v) is 12.7. The Morgan fingerprint density at radius 3 is 2.62 bits per heavy atom. The number of nitrogens with two attached hydrogens (primary N) is 1. The molecule has 3 rings (SSSR count). The molecule has 0 aromatic carbocycles. The third-order valence-corrected chi connectivity index (χ3v) is 4.92.